The smallest absolute Gasteiger partial charge is 0.206 e. The van der Waals surface area contributed by atoms with Gasteiger partial charge in [0.15, 0.2) is 0 Å². The minimum Gasteiger partial charge on any atom is -0.383 e. The zero-order chi connectivity index (χ0) is 23.0. The van der Waals surface area contributed by atoms with Crippen LogP contribution in [0.15, 0.2) is 94.3 Å². The molecule has 0 spiro atoms. The van der Waals surface area contributed by atoms with Crippen molar-refractivity contribution in [3.63, 3.8) is 0 Å². The third kappa shape index (κ3) is 5.75. The van der Waals surface area contributed by atoms with Gasteiger partial charge in [0.1, 0.15) is 0 Å². The van der Waals surface area contributed by atoms with E-state index in [9.17, 15) is 0 Å². The van der Waals surface area contributed by atoms with Crippen molar-refractivity contribution in [1.29, 1.82) is 0 Å². The van der Waals surface area contributed by atoms with Crippen molar-refractivity contribution in [2.24, 2.45) is 10.1 Å². The molecular formula is C28H29N3OS. The lowest BCUT2D eigenvalue weighted by Gasteiger charge is -2.07. The number of aromatic nitrogens is 1. The predicted molar refractivity (Wildman–Crippen MR) is 139 cm³/mol. The van der Waals surface area contributed by atoms with E-state index in [0.29, 0.717) is 19.1 Å². The molecule has 1 aromatic heterocycles. The molecular weight excluding hydrogens is 426 g/mol. The molecule has 4 rings (SSSR count). The minimum atomic E-state index is 0.513. The summed E-state index contributed by atoms with van der Waals surface area (Å²) < 4.78 is 7.10. The van der Waals surface area contributed by atoms with E-state index < -0.39 is 0 Å². The molecule has 33 heavy (non-hydrogen) atoms. The summed E-state index contributed by atoms with van der Waals surface area (Å²) in [6, 6.07) is 27.6. The topological polar surface area (TPSA) is 38.9 Å². The largest absolute Gasteiger partial charge is 0.383 e. The standard InChI is InChI=1S/C28H29N3OS/c1-21(2)23-11-9-22(10-12-23)19-30-31-27(20-33-28(31)29-17-18-32-3)26-15-13-25(14-16-26)24-7-5-4-6-8-24/h4-16,19-21H,17-18H2,1-3H3/b29-28?,30-19-. The van der Waals surface area contributed by atoms with E-state index in [0.717, 1.165) is 21.6 Å². The van der Waals surface area contributed by atoms with Crippen molar-refractivity contribution in [2.75, 3.05) is 20.3 Å². The summed E-state index contributed by atoms with van der Waals surface area (Å²) >= 11 is 1.59. The van der Waals surface area contributed by atoms with Gasteiger partial charge in [0.25, 0.3) is 0 Å². The summed E-state index contributed by atoms with van der Waals surface area (Å²) in [5.74, 6) is 0.513. The zero-order valence-electron chi connectivity index (χ0n) is 19.3. The first-order valence-corrected chi connectivity index (χ1v) is 12.0. The summed E-state index contributed by atoms with van der Waals surface area (Å²) in [5, 5.41) is 6.93. The van der Waals surface area contributed by atoms with Gasteiger partial charge in [-0.15, -0.1) is 11.3 Å². The van der Waals surface area contributed by atoms with Crippen LogP contribution in [-0.2, 0) is 4.74 Å². The molecule has 4 aromatic rings. The highest BCUT2D eigenvalue weighted by Gasteiger charge is 2.08. The van der Waals surface area contributed by atoms with Crippen LogP contribution in [0, 0.1) is 0 Å². The summed E-state index contributed by atoms with van der Waals surface area (Å²) in [5.41, 5.74) is 6.91. The van der Waals surface area contributed by atoms with Gasteiger partial charge in [0.2, 0.25) is 4.80 Å². The molecule has 0 N–H and O–H groups in total. The molecule has 4 nitrogen and oxygen atoms in total. The van der Waals surface area contributed by atoms with E-state index in [1.807, 2.05) is 17.0 Å². The Morgan fingerprint density at radius 1 is 0.879 bits per heavy atom. The second-order valence-corrected chi connectivity index (χ2v) is 8.94. The van der Waals surface area contributed by atoms with Crippen LogP contribution in [-0.4, -0.2) is 31.2 Å². The maximum atomic E-state index is 5.17. The molecule has 0 aliphatic rings. The first kappa shape index (κ1) is 22.9. The fourth-order valence-corrected chi connectivity index (χ4v) is 4.37. The highest BCUT2D eigenvalue weighted by molar-refractivity contribution is 7.07. The summed E-state index contributed by atoms with van der Waals surface area (Å²) in [7, 11) is 1.69. The van der Waals surface area contributed by atoms with E-state index in [1.54, 1.807) is 18.4 Å². The first-order chi connectivity index (χ1) is 16.2. The molecule has 3 aromatic carbocycles. The second kappa shape index (κ2) is 11.0. The van der Waals surface area contributed by atoms with Crippen LogP contribution in [0.25, 0.3) is 22.4 Å². The quantitative estimate of drug-likeness (QED) is 0.223. The van der Waals surface area contributed by atoms with Gasteiger partial charge in [-0.25, -0.2) is 4.68 Å². The molecule has 0 saturated carbocycles. The van der Waals surface area contributed by atoms with Gasteiger partial charge in [-0.05, 0) is 28.2 Å². The van der Waals surface area contributed by atoms with E-state index in [2.05, 4.69) is 92.0 Å². The molecule has 0 amide bonds. The molecule has 1 heterocycles. The Hall–Kier alpha value is -3.28. The Balaban J connectivity index is 1.67. The Labute approximate surface area is 199 Å². The fraction of sp³-hybridized carbons (Fsp3) is 0.214. The highest BCUT2D eigenvalue weighted by Crippen LogP contribution is 2.25. The third-order valence-electron chi connectivity index (χ3n) is 5.44. The van der Waals surface area contributed by atoms with Crippen molar-refractivity contribution in [1.82, 2.24) is 4.68 Å². The third-order valence-corrected chi connectivity index (χ3v) is 6.29. The van der Waals surface area contributed by atoms with Crippen LogP contribution in [0.4, 0.5) is 0 Å². The number of nitrogens with zero attached hydrogens (tertiary/aromatic N) is 3. The average molecular weight is 456 g/mol. The minimum absolute atomic E-state index is 0.513. The van der Waals surface area contributed by atoms with Crippen molar-refractivity contribution < 1.29 is 4.74 Å². The molecule has 168 valence electrons. The lowest BCUT2D eigenvalue weighted by atomic mass is 10.0. The molecule has 5 heteroatoms. The Bertz CT molecular complexity index is 1250. The van der Waals surface area contributed by atoms with Gasteiger partial charge in [0.05, 0.1) is 25.1 Å². The number of thiazole rings is 1. The average Bonchev–Trinajstić information content (AvgIpc) is 3.26. The zero-order valence-corrected chi connectivity index (χ0v) is 20.1. The maximum absolute atomic E-state index is 5.17. The van der Waals surface area contributed by atoms with E-state index in [-0.39, 0.29) is 0 Å². The Morgan fingerprint density at radius 2 is 1.55 bits per heavy atom. The van der Waals surface area contributed by atoms with Crippen molar-refractivity contribution in [3.05, 3.63) is 100 Å². The van der Waals surface area contributed by atoms with Crippen LogP contribution in [0.1, 0.15) is 30.9 Å². The van der Waals surface area contributed by atoms with Crippen molar-refractivity contribution in [3.8, 4) is 22.4 Å². The first-order valence-electron chi connectivity index (χ1n) is 11.2. The van der Waals surface area contributed by atoms with Gasteiger partial charge >= 0.3 is 0 Å². The van der Waals surface area contributed by atoms with Crippen LogP contribution in [0.2, 0.25) is 0 Å². The fourth-order valence-electron chi connectivity index (χ4n) is 3.51. The SMILES string of the molecule is COCCN=c1scc(-c2ccc(-c3ccccc3)cc2)n1/N=C\c1ccc(C(C)C)cc1. The Kier molecular flexibility index (Phi) is 7.66. The number of methoxy groups -OCH3 is 1. The van der Waals surface area contributed by atoms with Crippen LogP contribution < -0.4 is 4.80 Å². The van der Waals surface area contributed by atoms with Gasteiger partial charge in [-0.2, -0.15) is 5.10 Å². The van der Waals surface area contributed by atoms with Crippen LogP contribution in [0.5, 0.6) is 0 Å². The lowest BCUT2D eigenvalue weighted by molar-refractivity contribution is 0.207. The van der Waals surface area contributed by atoms with E-state index in [1.165, 1.54) is 16.7 Å². The Morgan fingerprint density at radius 3 is 2.21 bits per heavy atom. The monoisotopic (exact) mass is 455 g/mol. The number of rotatable bonds is 8. The van der Waals surface area contributed by atoms with Crippen molar-refractivity contribution in [2.45, 2.75) is 19.8 Å². The van der Waals surface area contributed by atoms with Gasteiger partial charge in [0, 0.05) is 18.1 Å². The highest BCUT2D eigenvalue weighted by atomic mass is 32.1. The summed E-state index contributed by atoms with van der Waals surface area (Å²) in [4.78, 5) is 5.55. The maximum Gasteiger partial charge on any atom is 0.206 e. The lowest BCUT2D eigenvalue weighted by Crippen LogP contribution is -2.13. The van der Waals surface area contributed by atoms with Crippen LogP contribution >= 0.6 is 11.3 Å². The molecule has 0 fully saturated rings. The summed E-state index contributed by atoms with van der Waals surface area (Å²) in [6.07, 6.45) is 1.90. The summed E-state index contributed by atoms with van der Waals surface area (Å²) in [6.45, 7) is 5.59. The molecule has 0 unspecified atom stereocenters. The van der Waals surface area contributed by atoms with Gasteiger partial charge in [-0.1, -0.05) is 92.7 Å². The van der Waals surface area contributed by atoms with Crippen LogP contribution in [0.3, 0.4) is 0 Å². The molecule has 0 aliphatic heterocycles. The molecule has 0 radical (unpaired) electrons. The molecule has 0 atom stereocenters. The van der Waals surface area contributed by atoms with Crippen molar-refractivity contribution >= 4 is 17.6 Å². The molecule has 0 saturated heterocycles. The predicted octanol–water partition coefficient (Wildman–Crippen LogP) is 6.44. The van der Waals surface area contributed by atoms with Gasteiger partial charge < -0.3 is 4.74 Å². The number of hydrogen-bond acceptors (Lipinski definition) is 4. The van der Waals surface area contributed by atoms with Gasteiger partial charge in [-0.3, -0.25) is 4.99 Å². The normalized spacial score (nSPS) is 12.2. The number of ether oxygens (including phenoxy) is 1. The molecule has 0 aliphatic carbocycles. The number of benzene rings is 3. The van der Waals surface area contributed by atoms with E-state index >= 15 is 0 Å². The second-order valence-electron chi connectivity index (χ2n) is 8.10. The van der Waals surface area contributed by atoms with E-state index in [4.69, 9.17) is 14.8 Å². The molecule has 0 bridgehead atoms. The number of hydrogen-bond donors (Lipinski definition) is 0.